The molecule has 0 aliphatic rings. The smallest absolute Gasteiger partial charge is 0.253 e. The molecule has 2 aromatic carbocycles. The summed E-state index contributed by atoms with van der Waals surface area (Å²) in [4.78, 5) is 11.9. The van der Waals surface area contributed by atoms with E-state index >= 15 is 0 Å². The van der Waals surface area contributed by atoms with Crippen molar-refractivity contribution in [3.05, 3.63) is 65.2 Å². The largest absolute Gasteiger partial charge is 0.398 e. The molecule has 0 fully saturated rings. The van der Waals surface area contributed by atoms with E-state index in [9.17, 15) is 4.79 Å². The number of carbonyl (C=O) groups is 1. The van der Waals surface area contributed by atoms with Crippen LogP contribution in [0.3, 0.4) is 0 Å². The normalized spacial score (nSPS) is 9.63. The summed E-state index contributed by atoms with van der Waals surface area (Å²) in [5.41, 5.74) is 8.19. The average molecular weight is 251 g/mol. The quantitative estimate of drug-likeness (QED) is 0.819. The standard InChI is InChI=1S/C15H13N3O/c16-9-11-5-7-12(8-6-11)10-18-15(19)13-3-1-2-4-14(13)17/h1-8H,10,17H2,(H,18,19). The van der Waals surface area contributed by atoms with Crippen LogP contribution in [0.25, 0.3) is 0 Å². The first kappa shape index (κ1) is 12.7. The van der Waals surface area contributed by atoms with Gasteiger partial charge in [-0.3, -0.25) is 4.79 Å². The number of nitrogen functional groups attached to an aromatic ring is 1. The summed E-state index contributed by atoms with van der Waals surface area (Å²) in [6, 6.07) is 16.0. The number of anilines is 1. The predicted octanol–water partition coefficient (Wildman–Crippen LogP) is 2.07. The lowest BCUT2D eigenvalue weighted by Gasteiger charge is -2.07. The number of nitrogens with two attached hydrogens (primary N) is 1. The fourth-order valence-corrected chi connectivity index (χ4v) is 1.68. The third kappa shape index (κ3) is 3.11. The summed E-state index contributed by atoms with van der Waals surface area (Å²) in [6.07, 6.45) is 0. The molecule has 0 aliphatic carbocycles. The van der Waals surface area contributed by atoms with Crippen molar-refractivity contribution in [2.45, 2.75) is 6.54 Å². The number of benzene rings is 2. The molecule has 4 nitrogen and oxygen atoms in total. The Morgan fingerprint density at radius 1 is 1.16 bits per heavy atom. The number of rotatable bonds is 3. The van der Waals surface area contributed by atoms with Crippen molar-refractivity contribution in [2.75, 3.05) is 5.73 Å². The number of hydrogen-bond acceptors (Lipinski definition) is 3. The molecular weight excluding hydrogens is 238 g/mol. The SMILES string of the molecule is N#Cc1ccc(CNC(=O)c2ccccc2N)cc1. The van der Waals surface area contributed by atoms with Crippen LogP contribution in [0.4, 0.5) is 5.69 Å². The van der Waals surface area contributed by atoms with E-state index < -0.39 is 0 Å². The van der Waals surface area contributed by atoms with E-state index in [0.717, 1.165) is 5.56 Å². The number of nitrogens with one attached hydrogen (secondary N) is 1. The van der Waals surface area contributed by atoms with Crippen LogP contribution in [0.2, 0.25) is 0 Å². The van der Waals surface area contributed by atoms with E-state index in [1.165, 1.54) is 0 Å². The van der Waals surface area contributed by atoms with Crippen LogP contribution in [0.5, 0.6) is 0 Å². The Balaban J connectivity index is 2.01. The van der Waals surface area contributed by atoms with Gasteiger partial charge in [0.15, 0.2) is 0 Å². The molecule has 0 heterocycles. The second kappa shape index (κ2) is 5.69. The first-order chi connectivity index (χ1) is 9.20. The van der Waals surface area contributed by atoms with E-state index in [-0.39, 0.29) is 5.91 Å². The molecule has 0 aliphatic heterocycles. The van der Waals surface area contributed by atoms with Crippen LogP contribution >= 0.6 is 0 Å². The lowest BCUT2D eigenvalue weighted by atomic mass is 10.1. The number of amides is 1. The van der Waals surface area contributed by atoms with Crippen LogP contribution in [-0.2, 0) is 6.54 Å². The van der Waals surface area contributed by atoms with Crippen molar-refractivity contribution in [1.82, 2.24) is 5.32 Å². The first-order valence-corrected chi connectivity index (χ1v) is 5.82. The molecule has 1 amide bonds. The number of hydrogen-bond donors (Lipinski definition) is 2. The van der Waals surface area contributed by atoms with Crippen molar-refractivity contribution in [1.29, 1.82) is 5.26 Å². The van der Waals surface area contributed by atoms with Crippen LogP contribution in [0.1, 0.15) is 21.5 Å². The summed E-state index contributed by atoms with van der Waals surface area (Å²) in [5.74, 6) is -0.206. The second-order valence-electron chi connectivity index (χ2n) is 4.08. The third-order valence-electron chi connectivity index (χ3n) is 2.74. The van der Waals surface area contributed by atoms with Gasteiger partial charge in [0.25, 0.3) is 5.91 Å². The molecule has 4 heteroatoms. The minimum absolute atomic E-state index is 0.206. The van der Waals surface area contributed by atoms with E-state index in [2.05, 4.69) is 5.32 Å². The molecular formula is C15H13N3O. The maximum atomic E-state index is 11.9. The van der Waals surface area contributed by atoms with Crippen molar-refractivity contribution in [2.24, 2.45) is 0 Å². The molecule has 94 valence electrons. The van der Waals surface area contributed by atoms with Gasteiger partial charge in [-0.1, -0.05) is 24.3 Å². The fourth-order valence-electron chi connectivity index (χ4n) is 1.68. The molecule has 0 atom stereocenters. The van der Waals surface area contributed by atoms with Gasteiger partial charge in [0, 0.05) is 12.2 Å². The fraction of sp³-hybridized carbons (Fsp3) is 0.0667. The Kier molecular flexibility index (Phi) is 3.79. The van der Waals surface area contributed by atoms with Crippen LogP contribution in [-0.4, -0.2) is 5.91 Å². The maximum Gasteiger partial charge on any atom is 0.253 e. The Morgan fingerprint density at radius 2 is 1.84 bits per heavy atom. The van der Waals surface area contributed by atoms with Crippen LogP contribution < -0.4 is 11.1 Å². The molecule has 0 aromatic heterocycles. The Morgan fingerprint density at radius 3 is 2.47 bits per heavy atom. The van der Waals surface area contributed by atoms with Gasteiger partial charge in [-0.05, 0) is 29.8 Å². The number of nitriles is 1. The first-order valence-electron chi connectivity index (χ1n) is 5.82. The number of nitrogens with zero attached hydrogens (tertiary/aromatic N) is 1. The summed E-state index contributed by atoms with van der Waals surface area (Å²) in [6.45, 7) is 0.402. The van der Waals surface area contributed by atoms with Gasteiger partial charge in [-0.25, -0.2) is 0 Å². The van der Waals surface area contributed by atoms with Gasteiger partial charge < -0.3 is 11.1 Å². The summed E-state index contributed by atoms with van der Waals surface area (Å²) in [7, 11) is 0. The maximum absolute atomic E-state index is 11.9. The van der Waals surface area contributed by atoms with Gasteiger partial charge in [0.1, 0.15) is 0 Å². The lowest BCUT2D eigenvalue weighted by molar-refractivity contribution is 0.0952. The highest BCUT2D eigenvalue weighted by molar-refractivity contribution is 5.98. The lowest BCUT2D eigenvalue weighted by Crippen LogP contribution is -2.23. The van der Waals surface area contributed by atoms with Gasteiger partial charge in [-0.2, -0.15) is 5.26 Å². The van der Waals surface area contributed by atoms with E-state index in [1.807, 2.05) is 18.2 Å². The molecule has 19 heavy (non-hydrogen) atoms. The molecule has 2 rings (SSSR count). The zero-order chi connectivity index (χ0) is 13.7. The molecule has 0 spiro atoms. The molecule has 0 radical (unpaired) electrons. The molecule has 0 saturated carbocycles. The number of para-hydroxylation sites is 1. The van der Waals surface area contributed by atoms with Gasteiger partial charge >= 0.3 is 0 Å². The van der Waals surface area contributed by atoms with Crippen LogP contribution in [0, 0.1) is 11.3 Å². The molecule has 0 saturated heterocycles. The van der Waals surface area contributed by atoms with Crippen molar-refractivity contribution in [3.8, 4) is 6.07 Å². The van der Waals surface area contributed by atoms with Crippen molar-refractivity contribution in [3.63, 3.8) is 0 Å². The third-order valence-corrected chi connectivity index (χ3v) is 2.74. The zero-order valence-electron chi connectivity index (χ0n) is 10.3. The average Bonchev–Trinajstić information content (AvgIpc) is 2.46. The summed E-state index contributed by atoms with van der Waals surface area (Å²) in [5, 5.41) is 11.5. The second-order valence-corrected chi connectivity index (χ2v) is 4.08. The van der Waals surface area contributed by atoms with E-state index in [0.29, 0.717) is 23.4 Å². The molecule has 3 N–H and O–H groups in total. The van der Waals surface area contributed by atoms with E-state index in [1.54, 1.807) is 36.4 Å². The number of carbonyl (C=O) groups excluding carboxylic acids is 1. The minimum Gasteiger partial charge on any atom is -0.398 e. The molecule has 2 aromatic rings. The minimum atomic E-state index is -0.206. The van der Waals surface area contributed by atoms with Crippen molar-refractivity contribution < 1.29 is 4.79 Å². The van der Waals surface area contributed by atoms with Gasteiger partial charge in [0.05, 0.1) is 17.2 Å². The molecule has 0 unspecified atom stereocenters. The van der Waals surface area contributed by atoms with Gasteiger partial charge in [0.2, 0.25) is 0 Å². The highest BCUT2D eigenvalue weighted by Crippen LogP contribution is 2.10. The zero-order valence-corrected chi connectivity index (χ0v) is 10.3. The van der Waals surface area contributed by atoms with Crippen molar-refractivity contribution >= 4 is 11.6 Å². The molecule has 0 bridgehead atoms. The topological polar surface area (TPSA) is 78.9 Å². The Hall–Kier alpha value is -2.80. The van der Waals surface area contributed by atoms with Gasteiger partial charge in [-0.15, -0.1) is 0 Å². The summed E-state index contributed by atoms with van der Waals surface area (Å²) >= 11 is 0. The summed E-state index contributed by atoms with van der Waals surface area (Å²) < 4.78 is 0. The van der Waals surface area contributed by atoms with Crippen LogP contribution in [0.15, 0.2) is 48.5 Å². The highest BCUT2D eigenvalue weighted by atomic mass is 16.1. The predicted molar refractivity (Wildman–Crippen MR) is 73.2 cm³/mol. The Bertz CT molecular complexity index is 627. The Labute approximate surface area is 111 Å². The monoisotopic (exact) mass is 251 g/mol. The highest BCUT2D eigenvalue weighted by Gasteiger charge is 2.07. The van der Waals surface area contributed by atoms with E-state index in [4.69, 9.17) is 11.0 Å².